The van der Waals surface area contributed by atoms with E-state index in [1.54, 1.807) is 6.92 Å². The number of carbonyl (C=O) groups is 1. The largest absolute Gasteiger partial charge is 0.416 e. The van der Waals surface area contributed by atoms with Crippen molar-refractivity contribution in [2.45, 2.75) is 62.3 Å². The summed E-state index contributed by atoms with van der Waals surface area (Å²) >= 11 is 2.66. The number of nitriles is 1. The van der Waals surface area contributed by atoms with Crippen molar-refractivity contribution in [2.24, 2.45) is 5.92 Å². The molecule has 0 unspecified atom stereocenters. The highest BCUT2D eigenvalue weighted by Gasteiger charge is 2.30. The lowest BCUT2D eigenvalue weighted by molar-refractivity contribution is -0.115. The average Bonchev–Trinajstić information content (AvgIpc) is 3.34. The van der Waals surface area contributed by atoms with Gasteiger partial charge < -0.3 is 9.73 Å². The molecule has 2 aromatic rings. The van der Waals surface area contributed by atoms with Crippen molar-refractivity contribution in [2.75, 3.05) is 16.8 Å². The fourth-order valence-corrected chi connectivity index (χ4v) is 7.82. The number of thiophene rings is 1. The van der Waals surface area contributed by atoms with Gasteiger partial charge in [0, 0.05) is 11.3 Å². The Morgan fingerprint density at radius 2 is 2.16 bits per heavy atom. The first kappa shape index (κ1) is 22.3. The van der Waals surface area contributed by atoms with E-state index in [0.717, 1.165) is 43.0 Å². The van der Waals surface area contributed by atoms with E-state index in [0.29, 0.717) is 29.3 Å². The molecule has 166 valence electrons. The number of nitrogens with one attached hydrogen (secondary N) is 1. The quantitative estimate of drug-likeness (QED) is 0.493. The molecule has 1 amide bonds. The van der Waals surface area contributed by atoms with E-state index in [-0.39, 0.29) is 28.6 Å². The van der Waals surface area contributed by atoms with E-state index in [1.807, 2.05) is 0 Å². The third kappa shape index (κ3) is 5.30. The number of hydrogen-bond donors (Lipinski definition) is 1. The fourth-order valence-electron chi connectivity index (χ4n) is 4.02. The lowest BCUT2D eigenvalue weighted by atomic mass is 10.1. The van der Waals surface area contributed by atoms with E-state index in [2.05, 4.69) is 21.6 Å². The minimum absolute atomic E-state index is 0.00230. The van der Waals surface area contributed by atoms with Crippen molar-refractivity contribution in [1.82, 2.24) is 10.2 Å². The molecule has 0 bridgehead atoms. The number of fused-ring (bicyclic) bond motifs is 1. The van der Waals surface area contributed by atoms with Crippen molar-refractivity contribution in [3.05, 3.63) is 21.9 Å². The minimum Gasteiger partial charge on any atom is -0.416 e. The number of nitrogens with zero attached hydrogens (tertiary/aromatic N) is 3. The van der Waals surface area contributed by atoms with Gasteiger partial charge in [-0.3, -0.25) is 4.79 Å². The van der Waals surface area contributed by atoms with Gasteiger partial charge in [-0.15, -0.1) is 21.5 Å². The van der Waals surface area contributed by atoms with Crippen LogP contribution in [-0.2, 0) is 33.9 Å². The van der Waals surface area contributed by atoms with Crippen molar-refractivity contribution in [3.63, 3.8) is 0 Å². The van der Waals surface area contributed by atoms with Crippen molar-refractivity contribution < 1.29 is 17.6 Å². The number of carbonyl (C=O) groups excluding carboxylic acids is 1. The van der Waals surface area contributed by atoms with Crippen LogP contribution in [0.2, 0.25) is 0 Å². The zero-order valence-corrected chi connectivity index (χ0v) is 19.7. The van der Waals surface area contributed by atoms with Crippen LogP contribution in [0.3, 0.4) is 0 Å². The van der Waals surface area contributed by atoms with Gasteiger partial charge in [0.2, 0.25) is 11.8 Å². The predicted octanol–water partition coefficient (Wildman–Crippen LogP) is 3.37. The van der Waals surface area contributed by atoms with Gasteiger partial charge >= 0.3 is 0 Å². The molecule has 1 N–H and O–H groups in total. The summed E-state index contributed by atoms with van der Waals surface area (Å²) in [4.78, 5) is 13.9. The summed E-state index contributed by atoms with van der Waals surface area (Å²) < 4.78 is 28.8. The van der Waals surface area contributed by atoms with E-state index in [4.69, 9.17) is 4.42 Å². The van der Waals surface area contributed by atoms with Crippen LogP contribution in [0.5, 0.6) is 0 Å². The molecule has 4 rings (SSSR count). The van der Waals surface area contributed by atoms with E-state index in [9.17, 15) is 18.5 Å². The molecule has 1 aliphatic heterocycles. The third-order valence-corrected chi connectivity index (χ3v) is 9.63. The summed E-state index contributed by atoms with van der Waals surface area (Å²) in [6.45, 7) is 1.75. The summed E-state index contributed by atoms with van der Waals surface area (Å²) in [6.07, 6.45) is 6.25. The highest BCUT2D eigenvalue weighted by Crippen LogP contribution is 2.37. The second kappa shape index (κ2) is 9.30. The van der Waals surface area contributed by atoms with Gasteiger partial charge in [0.05, 0.1) is 22.3 Å². The summed E-state index contributed by atoms with van der Waals surface area (Å²) in [5, 5.41) is 20.9. The lowest BCUT2D eigenvalue weighted by Crippen LogP contribution is -2.22. The van der Waals surface area contributed by atoms with Crippen LogP contribution < -0.4 is 5.32 Å². The number of hydrogen-bond acceptors (Lipinski definition) is 9. The van der Waals surface area contributed by atoms with E-state index >= 15 is 0 Å². The fraction of sp³-hybridized carbons (Fsp3) is 0.600. The minimum atomic E-state index is -2.95. The van der Waals surface area contributed by atoms with Gasteiger partial charge in [0.1, 0.15) is 11.1 Å². The average molecular weight is 481 g/mol. The summed E-state index contributed by atoms with van der Waals surface area (Å²) in [5.74, 6) is 0.539. The predicted molar refractivity (Wildman–Crippen MR) is 119 cm³/mol. The molecule has 31 heavy (non-hydrogen) atoms. The number of aryl methyl sites for hydroxylation is 1. The molecule has 2 aromatic heterocycles. The number of aromatic nitrogens is 2. The van der Waals surface area contributed by atoms with Crippen molar-refractivity contribution in [1.29, 1.82) is 5.26 Å². The van der Waals surface area contributed by atoms with Crippen LogP contribution in [0.4, 0.5) is 5.00 Å². The Kier molecular flexibility index (Phi) is 6.69. The van der Waals surface area contributed by atoms with Gasteiger partial charge in [-0.2, -0.15) is 5.26 Å². The summed E-state index contributed by atoms with van der Waals surface area (Å²) in [5.41, 5.74) is 1.69. The van der Waals surface area contributed by atoms with Gasteiger partial charge in [-0.1, -0.05) is 18.2 Å². The second-order valence-electron chi connectivity index (χ2n) is 8.06. The molecule has 0 spiro atoms. The van der Waals surface area contributed by atoms with E-state index < -0.39 is 15.1 Å². The molecule has 0 saturated carbocycles. The number of sulfone groups is 1. The number of amides is 1. The van der Waals surface area contributed by atoms with Gasteiger partial charge in [0.15, 0.2) is 9.84 Å². The summed E-state index contributed by atoms with van der Waals surface area (Å²) in [6, 6.07) is 2.27. The Bertz CT molecular complexity index is 1120. The number of rotatable bonds is 6. The molecule has 1 saturated heterocycles. The molecular formula is C20H24N4O4S3. The van der Waals surface area contributed by atoms with Crippen LogP contribution >= 0.6 is 23.1 Å². The smallest absolute Gasteiger partial charge is 0.277 e. The first-order valence-corrected chi connectivity index (χ1v) is 13.9. The molecule has 1 aliphatic carbocycles. The molecule has 0 radical (unpaired) electrons. The third-order valence-electron chi connectivity index (χ3n) is 5.66. The van der Waals surface area contributed by atoms with Crippen molar-refractivity contribution >= 4 is 43.8 Å². The van der Waals surface area contributed by atoms with Crippen LogP contribution in [-0.4, -0.2) is 41.3 Å². The normalized spacial score (nSPS) is 21.1. The molecular weight excluding hydrogens is 456 g/mol. The van der Waals surface area contributed by atoms with Crippen LogP contribution in [0.25, 0.3) is 0 Å². The highest BCUT2D eigenvalue weighted by molar-refractivity contribution is 8.00. The highest BCUT2D eigenvalue weighted by atomic mass is 32.2. The van der Waals surface area contributed by atoms with Crippen LogP contribution in [0, 0.1) is 17.2 Å². The Morgan fingerprint density at radius 3 is 2.90 bits per heavy atom. The van der Waals surface area contributed by atoms with Gasteiger partial charge in [-0.05, 0) is 50.5 Å². The maximum Gasteiger partial charge on any atom is 0.277 e. The monoisotopic (exact) mass is 480 g/mol. The lowest BCUT2D eigenvalue weighted by Gasteiger charge is -2.09. The van der Waals surface area contributed by atoms with Gasteiger partial charge in [0.25, 0.3) is 5.22 Å². The molecule has 2 atom stereocenters. The SMILES string of the molecule is C[C@H](Sc1nnc(C[C@@H]2CCS(=O)(=O)C2)o1)C(=O)Nc1sc2c(c1C#N)CCCCC2. The topological polar surface area (TPSA) is 126 Å². The van der Waals surface area contributed by atoms with Crippen LogP contribution in [0.1, 0.15) is 54.5 Å². The molecule has 1 fully saturated rings. The zero-order chi connectivity index (χ0) is 22.0. The Morgan fingerprint density at radius 1 is 1.35 bits per heavy atom. The van der Waals surface area contributed by atoms with E-state index in [1.165, 1.54) is 22.6 Å². The Hall–Kier alpha value is -1.90. The summed E-state index contributed by atoms with van der Waals surface area (Å²) in [7, 11) is -2.95. The molecule has 11 heteroatoms. The number of thioether (sulfide) groups is 1. The molecule has 3 heterocycles. The number of anilines is 1. The zero-order valence-electron chi connectivity index (χ0n) is 17.2. The van der Waals surface area contributed by atoms with Crippen molar-refractivity contribution in [3.8, 4) is 6.07 Å². The molecule has 8 nitrogen and oxygen atoms in total. The Labute approximate surface area is 189 Å². The molecule has 2 aliphatic rings. The molecule has 0 aromatic carbocycles. The standard InChI is InChI=1S/C20H24N4O4S3/c1-12(29-20-24-23-17(28-20)9-13-7-8-31(26,27)11-13)18(25)22-19-15(10-21)14-5-3-2-4-6-16(14)30-19/h12-13H,2-9,11H2,1H3,(H,22,25)/t12-,13-/m0/s1. The first-order valence-electron chi connectivity index (χ1n) is 10.4. The van der Waals surface area contributed by atoms with Crippen LogP contribution in [0.15, 0.2) is 9.64 Å². The maximum atomic E-state index is 12.7. The maximum absolute atomic E-state index is 12.7. The first-order chi connectivity index (χ1) is 14.8. The second-order valence-corrected chi connectivity index (χ2v) is 12.7. The van der Waals surface area contributed by atoms with Gasteiger partial charge in [-0.25, -0.2) is 8.42 Å². The Balaban J connectivity index is 1.36.